The van der Waals surface area contributed by atoms with Crippen LogP contribution in [-0.4, -0.2) is 29.3 Å². The summed E-state index contributed by atoms with van der Waals surface area (Å²) in [5, 5.41) is 10.6. The Hall–Kier alpha value is -3.98. The smallest absolute Gasteiger partial charge is 0.291 e. The maximum Gasteiger partial charge on any atom is 0.291 e. The van der Waals surface area contributed by atoms with Gasteiger partial charge in [0.25, 0.3) is 5.91 Å². The van der Waals surface area contributed by atoms with E-state index < -0.39 is 11.9 Å². The number of rotatable bonds is 5. The number of ether oxygens (including phenoxy) is 3. The normalized spacial score (nSPS) is 16.0. The van der Waals surface area contributed by atoms with E-state index in [0.29, 0.717) is 34.6 Å². The molecule has 4 aromatic rings. The number of benzene rings is 3. The highest BCUT2D eigenvalue weighted by molar-refractivity contribution is 9.10. The molecule has 0 radical (unpaired) electrons. The Balaban J connectivity index is 1.53. The third-order valence-electron chi connectivity index (χ3n) is 6.32. The van der Waals surface area contributed by atoms with Gasteiger partial charge in [0.1, 0.15) is 5.58 Å². The van der Waals surface area contributed by atoms with Crippen molar-refractivity contribution in [1.29, 1.82) is 0 Å². The van der Waals surface area contributed by atoms with E-state index in [1.807, 2.05) is 19.1 Å². The van der Waals surface area contributed by atoms with Crippen LogP contribution in [0.25, 0.3) is 11.0 Å². The number of nitrogens with zero attached hydrogens (tertiary/aromatic N) is 1. The van der Waals surface area contributed by atoms with Crippen molar-refractivity contribution in [2.45, 2.75) is 19.5 Å². The minimum Gasteiger partial charge on any atom is -0.504 e. The Kier molecular flexibility index (Phi) is 5.37. The van der Waals surface area contributed by atoms with Gasteiger partial charge in [-0.25, -0.2) is 0 Å². The second kappa shape index (κ2) is 8.60. The van der Waals surface area contributed by atoms with Gasteiger partial charge in [-0.05, 0) is 60.5 Å². The minimum absolute atomic E-state index is 0.00611. The number of hydrogen-bond donors (Lipinski definition) is 1. The first-order chi connectivity index (χ1) is 17.4. The maximum absolute atomic E-state index is 13.8. The van der Waals surface area contributed by atoms with Gasteiger partial charge in [-0.1, -0.05) is 28.1 Å². The number of carbonyl (C=O) groups excluding carboxylic acids is 1. The van der Waals surface area contributed by atoms with Crippen molar-refractivity contribution in [2.75, 3.05) is 13.4 Å². The number of halogens is 1. The lowest BCUT2D eigenvalue weighted by Gasteiger charge is -2.26. The first-order valence-electron chi connectivity index (χ1n) is 11.4. The van der Waals surface area contributed by atoms with E-state index in [2.05, 4.69) is 15.9 Å². The zero-order chi connectivity index (χ0) is 25.0. The Morgan fingerprint density at radius 2 is 1.89 bits per heavy atom. The number of phenolic OH excluding ortho intramolecular Hbond substituents is 1. The van der Waals surface area contributed by atoms with Gasteiger partial charge in [-0.2, -0.15) is 0 Å². The summed E-state index contributed by atoms with van der Waals surface area (Å²) in [6.07, 6.45) is 0. The Labute approximate surface area is 213 Å². The SMILES string of the molecule is CCOc1cc([C@@H]2c3c(oc4ccc(Br)cc4c3=O)C(=O)N2Cc2ccc3c(c2)OCO3)ccc1O. The lowest BCUT2D eigenvalue weighted by atomic mass is 9.97. The summed E-state index contributed by atoms with van der Waals surface area (Å²) in [6.45, 7) is 2.49. The van der Waals surface area contributed by atoms with Crippen LogP contribution in [0.2, 0.25) is 0 Å². The second-order valence-electron chi connectivity index (χ2n) is 8.50. The van der Waals surface area contributed by atoms with Gasteiger partial charge in [0.2, 0.25) is 12.6 Å². The number of aromatic hydroxyl groups is 1. The molecule has 8 nitrogen and oxygen atoms in total. The van der Waals surface area contributed by atoms with Crippen molar-refractivity contribution in [2.24, 2.45) is 0 Å². The third-order valence-corrected chi connectivity index (χ3v) is 6.81. The molecule has 0 unspecified atom stereocenters. The molecule has 6 rings (SSSR count). The highest BCUT2D eigenvalue weighted by Crippen LogP contribution is 2.42. The molecule has 1 N–H and O–H groups in total. The van der Waals surface area contributed by atoms with E-state index in [1.165, 1.54) is 6.07 Å². The second-order valence-corrected chi connectivity index (χ2v) is 9.41. The summed E-state index contributed by atoms with van der Waals surface area (Å²) in [7, 11) is 0. The first-order valence-corrected chi connectivity index (χ1v) is 12.2. The molecular weight excluding hydrogens is 530 g/mol. The van der Waals surface area contributed by atoms with Gasteiger partial charge in [0.05, 0.1) is 23.6 Å². The van der Waals surface area contributed by atoms with E-state index in [1.54, 1.807) is 41.3 Å². The van der Waals surface area contributed by atoms with E-state index in [0.717, 1.165) is 10.0 Å². The predicted molar refractivity (Wildman–Crippen MR) is 134 cm³/mol. The highest BCUT2D eigenvalue weighted by atomic mass is 79.9. The molecule has 0 spiro atoms. The van der Waals surface area contributed by atoms with Crippen molar-refractivity contribution >= 4 is 32.8 Å². The molecule has 3 aromatic carbocycles. The predicted octanol–water partition coefficient (Wildman–Crippen LogP) is 5.13. The van der Waals surface area contributed by atoms with Gasteiger partial charge in [-0.15, -0.1) is 0 Å². The molecule has 1 amide bonds. The molecule has 182 valence electrons. The molecule has 1 atom stereocenters. The molecule has 0 saturated carbocycles. The summed E-state index contributed by atoms with van der Waals surface area (Å²) in [5.74, 6) is 1.09. The van der Waals surface area contributed by atoms with Crippen LogP contribution >= 0.6 is 15.9 Å². The zero-order valence-corrected chi connectivity index (χ0v) is 20.7. The van der Waals surface area contributed by atoms with Gasteiger partial charge in [-0.3, -0.25) is 9.59 Å². The van der Waals surface area contributed by atoms with Crippen LogP contribution in [0.5, 0.6) is 23.0 Å². The minimum atomic E-state index is -0.752. The molecule has 1 aromatic heterocycles. The van der Waals surface area contributed by atoms with E-state index in [-0.39, 0.29) is 41.6 Å². The van der Waals surface area contributed by atoms with Crippen molar-refractivity contribution in [1.82, 2.24) is 4.90 Å². The fourth-order valence-corrected chi connectivity index (χ4v) is 5.07. The number of amides is 1. The molecule has 2 aliphatic rings. The first kappa shape index (κ1) is 22.5. The van der Waals surface area contributed by atoms with Gasteiger partial charge in [0, 0.05) is 11.0 Å². The summed E-state index contributed by atoms with van der Waals surface area (Å²) in [4.78, 5) is 29.0. The summed E-state index contributed by atoms with van der Waals surface area (Å²) < 4.78 is 23.2. The highest BCUT2D eigenvalue weighted by Gasteiger charge is 2.43. The van der Waals surface area contributed by atoms with Crippen LogP contribution in [0.3, 0.4) is 0 Å². The molecule has 9 heteroatoms. The number of phenols is 1. The zero-order valence-electron chi connectivity index (χ0n) is 19.1. The Morgan fingerprint density at radius 3 is 2.72 bits per heavy atom. The summed E-state index contributed by atoms with van der Waals surface area (Å²) in [5.41, 5.74) is 1.71. The van der Waals surface area contributed by atoms with E-state index >= 15 is 0 Å². The lowest BCUT2D eigenvalue weighted by molar-refractivity contribution is 0.0714. The van der Waals surface area contributed by atoms with E-state index in [4.69, 9.17) is 18.6 Å². The molecule has 0 aliphatic carbocycles. The monoisotopic (exact) mass is 549 g/mol. The van der Waals surface area contributed by atoms with Crippen molar-refractivity contribution in [3.63, 3.8) is 0 Å². The van der Waals surface area contributed by atoms with Crippen molar-refractivity contribution in [3.8, 4) is 23.0 Å². The number of carbonyl (C=O) groups is 1. The maximum atomic E-state index is 13.8. The molecule has 36 heavy (non-hydrogen) atoms. The quantitative estimate of drug-likeness (QED) is 0.368. The summed E-state index contributed by atoms with van der Waals surface area (Å²) >= 11 is 3.41. The fraction of sp³-hybridized carbons (Fsp3) is 0.185. The van der Waals surface area contributed by atoms with Crippen LogP contribution in [-0.2, 0) is 6.54 Å². The molecule has 3 heterocycles. The Bertz CT molecular complexity index is 1600. The van der Waals surface area contributed by atoms with Crippen LogP contribution < -0.4 is 19.6 Å². The molecule has 0 bridgehead atoms. The van der Waals surface area contributed by atoms with E-state index in [9.17, 15) is 14.7 Å². The lowest BCUT2D eigenvalue weighted by Crippen LogP contribution is -2.29. The topological polar surface area (TPSA) is 98.4 Å². The molecule has 0 fully saturated rings. The van der Waals surface area contributed by atoms with Crippen LogP contribution in [0, 0.1) is 0 Å². The van der Waals surface area contributed by atoms with Crippen LogP contribution in [0.1, 0.15) is 40.2 Å². The third kappa shape index (κ3) is 3.58. The standard InChI is InChI=1S/C27H20BrNO7/c1-2-33-21-10-15(4-6-18(21)30)24-23-25(31)17-11-16(28)5-8-19(17)36-26(23)27(32)29(24)12-14-3-7-20-22(9-14)35-13-34-20/h3-11,24,30H,2,12-13H2,1H3/t24-/m1/s1. The molecular formula is C27H20BrNO7. The van der Waals surface area contributed by atoms with Gasteiger partial charge in [0.15, 0.2) is 28.4 Å². The van der Waals surface area contributed by atoms with Gasteiger partial charge >= 0.3 is 0 Å². The van der Waals surface area contributed by atoms with Gasteiger partial charge < -0.3 is 28.6 Å². The number of fused-ring (bicyclic) bond motifs is 3. The molecule has 2 aliphatic heterocycles. The van der Waals surface area contributed by atoms with Crippen LogP contribution in [0.15, 0.2) is 68.3 Å². The average molecular weight is 550 g/mol. The van der Waals surface area contributed by atoms with Crippen molar-refractivity contribution < 1.29 is 28.5 Å². The Morgan fingerprint density at radius 1 is 1.06 bits per heavy atom. The molecule has 0 saturated heterocycles. The number of hydrogen-bond acceptors (Lipinski definition) is 7. The van der Waals surface area contributed by atoms with Crippen molar-refractivity contribution in [3.05, 3.63) is 91.7 Å². The average Bonchev–Trinajstić information content (AvgIpc) is 3.44. The summed E-state index contributed by atoms with van der Waals surface area (Å²) in [6, 6.07) is 14.7. The van der Waals surface area contributed by atoms with Crippen LogP contribution in [0.4, 0.5) is 0 Å². The fourth-order valence-electron chi connectivity index (χ4n) is 4.71. The largest absolute Gasteiger partial charge is 0.504 e.